The summed E-state index contributed by atoms with van der Waals surface area (Å²) in [6.45, 7) is 0.972. The SMILES string of the molecule is CC(=O)[O-].O=S(=O)([O-])[O-].[NH4+].[Zn+2]. The van der Waals surface area contributed by atoms with Crippen LogP contribution in [0.15, 0.2) is 0 Å². The molecular weight excluding hydrogens is 231 g/mol. The van der Waals surface area contributed by atoms with Gasteiger partial charge >= 0.3 is 19.5 Å². The van der Waals surface area contributed by atoms with Gasteiger partial charge in [-0.1, -0.05) is 0 Å². The van der Waals surface area contributed by atoms with Crippen LogP contribution in [0, 0.1) is 0 Å². The third-order valence-electron chi connectivity index (χ3n) is 0. The van der Waals surface area contributed by atoms with Crippen molar-refractivity contribution in [1.29, 1.82) is 0 Å². The largest absolute Gasteiger partial charge is 2.00 e. The predicted octanol–water partition coefficient (Wildman–Crippen LogP) is -2.21. The molecule has 64 valence electrons. The second-order valence-electron chi connectivity index (χ2n) is 0.900. The van der Waals surface area contributed by atoms with Crippen molar-refractivity contribution in [2.24, 2.45) is 0 Å². The average molecular weight is 239 g/mol. The first-order valence-electron chi connectivity index (χ1n) is 1.57. The quantitative estimate of drug-likeness (QED) is 0.286. The van der Waals surface area contributed by atoms with Gasteiger partial charge in [0.25, 0.3) is 0 Å². The van der Waals surface area contributed by atoms with Crippen LogP contribution in [-0.4, -0.2) is 23.5 Å². The maximum Gasteiger partial charge on any atom is 2.00 e. The standard InChI is InChI=1S/C2H4O2.H3N.H2O4S.Zn/c1-2(3)4;;1-5(2,3)4;/h1H3,(H,3,4);1H3;(H2,1,2,3,4);/q;;;+2/p-2. The van der Waals surface area contributed by atoms with Gasteiger partial charge in [0, 0.05) is 16.4 Å². The van der Waals surface area contributed by atoms with Gasteiger partial charge in [-0.05, 0) is 6.92 Å². The van der Waals surface area contributed by atoms with E-state index < -0.39 is 16.4 Å². The van der Waals surface area contributed by atoms with Crippen molar-refractivity contribution >= 4 is 16.4 Å². The Morgan fingerprint density at radius 3 is 1.27 bits per heavy atom. The molecule has 0 saturated carbocycles. The molecule has 0 rings (SSSR count). The molecule has 0 fully saturated rings. The van der Waals surface area contributed by atoms with Gasteiger partial charge in [0.15, 0.2) is 0 Å². The molecule has 7 nitrogen and oxygen atoms in total. The Hall–Kier alpha value is -0.0766. The molecule has 0 aliphatic heterocycles. The fourth-order valence-electron chi connectivity index (χ4n) is 0. The maximum absolute atomic E-state index is 8.89. The molecule has 11 heavy (non-hydrogen) atoms. The van der Waals surface area contributed by atoms with Gasteiger partial charge in [-0.2, -0.15) is 0 Å². The fraction of sp³-hybridized carbons (Fsp3) is 0.500. The third kappa shape index (κ3) is 106000. The molecule has 0 amide bonds. The zero-order valence-electron chi connectivity index (χ0n) is 6.06. The molecule has 0 atom stereocenters. The van der Waals surface area contributed by atoms with Crippen LogP contribution >= 0.6 is 0 Å². The van der Waals surface area contributed by atoms with Crippen LogP contribution in [0.1, 0.15) is 6.92 Å². The monoisotopic (exact) mass is 237 g/mol. The molecule has 0 unspecified atom stereocenters. The summed E-state index contributed by atoms with van der Waals surface area (Å²) in [4.78, 5) is 8.89. The number of carbonyl (C=O) groups is 1. The summed E-state index contributed by atoms with van der Waals surface area (Å²) in [7, 11) is -5.17. The first-order valence-corrected chi connectivity index (χ1v) is 2.91. The van der Waals surface area contributed by atoms with Crippen LogP contribution in [0.2, 0.25) is 0 Å². The number of aliphatic carboxylic acids is 1. The van der Waals surface area contributed by atoms with Crippen LogP contribution < -0.4 is 11.3 Å². The van der Waals surface area contributed by atoms with E-state index in [0.717, 1.165) is 6.92 Å². The van der Waals surface area contributed by atoms with Gasteiger partial charge in [-0.15, -0.1) is 0 Å². The van der Waals surface area contributed by atoms with Gasteiger partial charge < -0.3 is 25.2 Å². The van der Waals surface area contributed by atoms with Crippen LogP contribution in [0.25, 0.3) is 0 Å². The molecule has 0 aromatic carbocycles. The summed E-state index contributed by atoms with van der Waals surface area (Å²) >= 11 is 0. The number of hydrogen-bond donors (Lipinski definition) is 1. The molecule has 9 heteroatoms. The van der Waals surface area contributed by atoms with E-state index in [4.69, 9.17) is 27.4 Å². The van der Waals surface area contributed by atoms with Crippen molar-refractivity contribution in [1.82, 2.24) is 6.15 Å². The van der Waals surface area contributed by atoms with Crippen LogP contribution in [0.4, 0.5) is 0 Å². The molecule has 4 N–H and O–H groups in total. The van der Waals surface area contributed by atoms with E-state index in [2.05, 4.69) is 0 Å². The minimum absolute atomic E-state index is 0. The average Bonchev–Trinajstić information content (AvgIpc) is 1.19. The summed E-state index contributed by atoms with van der Waals surface area (Å²) < 4.78 is 34.1. The van der Waals surface area contributed by atoms with E-state index >= 15 is 0 Å². The van der Waals surface area contributed by atoms with Gasteiger partial charge in [-0.3, -0.25) is 8.42 Å². The van der Waals surface area contributed by atoms with E-state index in [1.54, 1.807) is 0 Å². The Bertz CT molecular complexity index is 163. The van der Waals surface area contributed by atoms with Gasteiger partial charge in [0.05, 0.1) is 0 Å². The van der Waals surface area contributed by atoms with Crippen LogP contribution in [-0.2, 0) is 34.7 Å². The number of carbonyl (C=O) groups excluding carboxylic acids is 1. The molecule has 0 spiro atoms. The maximum atomic E-state index is 8.89. The summed E-state index contributed by atoms with van der Waals surface area (Å²) in [6.07, 6.45) is 0. The van der Waals surface area contributed by atoms with Gasteiger partial charge in [0.1, 0.15) is 0 Å². The number of carboxylic acids is 1. The summed E-state index contributed by atoms with van der Waals surface area (Å²) in [5.41, 5.74) is 0. The summed E-state index contributed by atoms with van der Waals surface area (Å²) in [5, 5.41) is 8.89. The Morgan fingerprint density at radius 2 is 1.27 bits per heavy atom. The molecule has 0 aliphatic rings. The smallest absolute Gasteiger partial charge is 0.759 e. The van der Waals surface area contributed by atoms with E-state index in [1.807, 2.05) is 0 Å². The molecule has 0 radical (unpaired) electrons. The van der Waals surface area contributed by atoms with Crippen molar-refractivity contribution < 1.29 is 46.9 Å². The van der Waals surface area contributed by atoms with Crippen LogP contribution in [0.5, 0.6) is 0 Å². The second-order valence-corrected chi connectivity index (χ2v) is 1.72. The topological polar surface area (TPSA) is 157 Å². The van der Waals surface area contributed by atoms with E-state index in [1.165, 1.54) is 0 Å². The van der Waals surface area contributed by atoms with Crippen molar-refractivity contribution in [3.05, 3.63) is 0 Å². The van der Waals surface area contributed by atoms with Gasteiger partial charge in [0.2, 0.25) is 0 Å². The Kier molecular flexibility index (Phi) is 20.2. The number of hydrogen-bond acceptors (Lipinski definition) is 6. The first-order chi connectivity index (χ1) is 3.73. The molecule has 0 heterocycles. The van der Waals surface area contributed by atoms with Crippen molar-refractivity contribution in [3.8, 4) is 0 Å². The summed E-state index contributed by atoms with van der Waals surface area (Å²) in [6, 6.07) is 0. The first kappa shape index (κ1) is 22.4. The van der Waals surface area contributed by atoms with E-state index in [9.17, 15) is 0 Å². The van der Waals surface area contributed by atoms with E-state index in [0.29, 0.717) is 0 Å². The fourth-order valence-corrected chi connectivity index (χ4v) is 0. The Labute approximate surface area is 76.7 Å². The molecule has 0 saturated heterocycles. The molecule has 0 bridgehead atoms. The zero-order chi connectivity index (χ0) is 8.08. The molecule has 0 aromatic heterocycles. The normalized spacial score (nSPS) is 7.55. The third-order valence-corrected chi connectivity index (χ3v) is 0. The minimum Gasteiger partial charge on any atom is -0.759 e. The zero-order valence-corrected chi connectivity index (χ0v) is 9.85. The number of carboxylic acid groups (broad SMARTS) is 1. The van der Waals surface area contributed by atoms with Gasteiger partial charge in [-0.25, -0.2) is 0 Å². The number of quaternary nitrogens is 1. The minimum atomic E-state index is -5.17. The molecule has 0 aromatic rings. The van der Waals surface area contributed by atoms with Crippen molar-refractivity contribution in [2.45, 2.75) is 6.92 Å². The molecular formula is C2H7NO6SZn. The van der Waals surface area contributed by atoms with Crippen molar-refractivity contribution in [3.63, 3.8) is 0 Å². The summed E-state index contributed by atoms with van der Waals surface area (Å²) in [5.74, 6) is -1.08. The number of rotatable bonds is 0. The second kappa shape index (κ2) is 9.92. The van der Waals surface area contributed by atoms with E-state index in [-0.39, 0.29) is 25.6 Å². The Morgan fingerprint density at radius 1 is 1.27 bits per heavy atom. The predicted molar refractivity (Wildman–Crippen MR) is 27.1 cm³/mol. The van der Waals surface area contributed by atoms with Crippen LogP contribution in [0.3, 0.4) is 0 Å². The van der Waals surface area contributed by atoms with Crippen molar-refractivity contribution in [2.75, 3.05) is 0 Å². The Balaban J connectivity index is -0.0000000383. The molecule has 0 aliphatic carbocycles.